The SMILES string of the molecule is C=CCOc1ccc(/C=c2/sc3n(c2=O)[C@@H](c2cc(OC)ccc2OC)C(C(=O)OCC)=C(C)N=3)cc1Br. The summed E-state index contributed by atoms with van der Waals surface area (Å²) in [6.45, 7) is 7.70. The van der Waals surface area contributed by atoms with E-state index in [1.807, 2.05) is 18.2 Å². The van der Waals surface area contributed by atoms with Crippen LogP contribution < -0.4 is 29.1 Å². The quantitative estimate of drug-likeness (QED) is 0.272. The van der Waals surface area contributed by atoms with Gasteiger partial charge in [0.25, 0.3) is 5.56 Å². The number of esters is 1. The van der Waals surface area contributed by atoms with Gasteiger partial charge in [-0.15, -0.1) is 0 Å². The van der Waals surface area contributed by atoms with Gasteiger partial charge >= 0.3 is 5.97 Å². The molecule has 0 radical (unpaired) electrons. The van der Waals surface area contributed by atoms with Crippen molar-refractivity contribution in [1.29, 1.82) is 0 Å². The number of ether oxygens (including phenoxy) is 4. The summed E-state index contributed by atoms with van der Waals surface area (Å²) in [6.07, 6.45) is 3.45. The van der Waals surface area contributed by atoms with Gasteiger partial charge in [0.1, 0.15) is 29.9 Å². The van der Waals surface area contributed by atoms with E-state index in [-0.39, 0.29) is 17.7 Å². The molecule has 1 aliphatic rings. The Bertz CT molecular complexity index is 1600. The van der Waals surface area contributed by atoms with Crippen LogP contribution in [0.2, 0.25) is 0 Å². The number of benzene rings is 2. The van der Waals surface area contributed by atoms with Gasteiger partial charge in [0.15, 0.2) is 4.80 Å². The first-order chi connectivity index (χ1) is 18.3. The van der Waals surface area contributed by atoms with Crippen LogP contribution in [0.1, 0.15) is 31.0 Å². The average molecular weight is 600 g/mol. The molecule has 3 aromatic rings. The molecule has 0 spiro atoms. The Balaban J connectivity index is 1.93. The van der Waals surface area contributed by atoms with Crippen molar-refractivity contribution in [2.24, 2.45) is 4.99 Å². The van der Waals surface area contributed by atoms with E-state index in [1.54, 1.807) is 51.3 Å². The molecule has 1 aromatic heterocycles. The standard InChI is InChI=1S/C28H27BrN2O6S/c1-6-12-37-22-10-8-17(13-20(22)29)14-23-26(32)31-25(19-15-18(34-4)9-11-21(19)35-5)24(27(33)36-7-2)16(3)30-28(31)38-23/h6,8-11,13-15,25H,1,7,12H2,2-5H3/b23-14+/t25-/m0/s1. The number of allylic oxidation sites excluding steroid dienone is 1. The van der Waals surface area contributed by atoms with E-state index in [9.17, 15) is 9.59 Å². The number of thiazole rings is 1. The van der Waals surface area contributed by atoms with Crippen molar-refractivity contribution in [2.45, 2.75) is 19.9 Å². The minimum Gasteiger partial charge on any atom is -0.497 e. The molecule has 0 bridgehead atoms. The number of hydrogen-bond donors (Lipinski definition) is 0. The average Bonchev–Trinajstić information content (AvgIpc) is 3.21. The third-order valence-electron chi connectivity index (χ3n) is 5.86. The van der Waals surface area contributed by atoms with Crippen LogP contribution in [0.25, 0.3) is 6.08 Å². The number of hydrogen-bond acceptors (Lipinski definition) is 8. The molecule has 2 aromatic carbocycles. The van der Waals surface area contributed by atoms with Gasteiger partial charge in [0.2, 0.25) is 0 Å². The van der Waals surface area contributed by atoms with Gasteiger partial charge in [-0.05, 0) is 71.7 Å². The van der Waals surface area contributed by atoms with E-state index < -0.39 is 12.0 Å². The van der Waals surface area contributed by atoms with Crippen LogP contribution in [-0.2, 0) is 9.53 Å². The molecule has 0 N–H and O–H groups in total. The van der Waals surface area contributed by atoms with Crippen LogP contribution in [-0.4, -0.2) is 38.0 Å². The van der Waals surface area contributed by atoms with Crippen molar-refractivity contribution in [2.75, 3.05) is 27.4 Å². The molecule has 0 fully saturated rings. The summed E-state index contributed by atoms with van der Waals surface area (Å²) in [5.41, 5.74) is 1.83. The summed E-state index contributed by atoms with van der Waals surface area (Å²) in [5.74, 6) is 1.19. The Morgan fingerprint density at radius 1 is 1.18 bits per heavy atom. The molecule has 198 valence electrons. The topological polar surface area (TPSA) is 88.3 Å². The van der Waals surface area contributed by atoms with E-state index in [1.165, 1.54) is 23.0 Å². The highest BCUT2D eigenvalue weighted by Gasteiger charge is 2.35. The Kier molecular flexibility index (Phi) is 8.53. The highest BCUT2D eigenvalue weighted by atomic mass is 79.9. The van der Waals surface area contributed by atoms with Crippen molar-refractivity contribution < 1.29 is 23.7 Å². The van der Waals surface area contributed by atoms with Crippen LogP contribution in [0.4, 0.5) is 0 Å². The van der Waals surface area contributed by atoms with Gasteiger partial charge in [0.05, 0.1) is 41.1 Å². The number of aromatic nitrogens is 1. The monoisotopic (exact) mass is 598 g/mol. The number of rotatable bonds is 9. The Morgan fingerprint density at radius 2 is 1.95 bits per heavy atom. The molecule has 0 saturated carbocycles. The lowest BCUT2D eigenvalue weighted by Crippen LogP contribution is -2.40. The van der Waals surface area contributed by atoms with E-state index >= 15 is 0 Å². The lowest BCUT2D eigenvalue weighted by atomic mass is 9.94. The fourth-order valence-electron chi connectivity index (χ4n) is 4.16. The zero-order chi connectivity index (χ0) is 27.4. The van der Waals surface area contributed by atoms with Crippen molar-refractivity contribution in [3.8, 4) is 17.2 Å². The Hall–Kier alpha value is -3.63. The highest BCUT2D eigenvalue weighted by Crippen LogP contribution is 2.37. The number of nitrogens with zero attached hydrogens (tertiary/aromatic N) is 2. The molecule has 0 saturated heterocycles. The molecule has 0 aliphatic carbocycles. The van der Waals surface area contributed by atoms with E-state index in [0.29, 0.717) is 44.4 Å². The number of carbonyl (C=O) groups excluding carboxylic acids is 1. The molecule has 4 rings (SSSR count). The first-order valence-corrected chi connectivity index (χ1v) is 13.4. The van der Waals surface area contributed by atoms with Gasteiger partial charge in [-0.25, -0.2) is 9.79 Å². The van der Waals surface area contributed by atoms with Crippen molar-refractivity contribution in [1.82, 2.24) is 4.57 Å². The molecule has 8 nitrogen and oxygen atoms in total. The highest BCUT2D eigenvalue weighted by molar-refractivity contribution is 9.10. The van der Waals surface area contributed by atoms with Crippen LogP contribution in [0.15, 0.2) is 74.6 Å². The maximum absolute atomic E-state index is 13.9. The maximum atomic E-state index is 13.9. The predicted molar refractivity (Wildman–Crippen MR) is 150 cm³/mol. The second-order valence-electron chi connectivity index (χ2n) is 8.20. The van der Waals surface area contributed by atoms with Crippen molar-refractivity contribution in [3.05, 3.63) is 95.6 Å². The summed E-state index contributed by atoms with van der Waals surface area (Å²) >= 11 is 4.76. The van der Waals surface area contributed by atoms with Gasteiger partial charge in [-0.3, -0.25) is 9.36 Å². The van der Waals surface area contributed by atoms with Gasteiger partial charge in [-0.2, -0.15) is 0 Å². The maximum Gasteiger partial charge on any atom is 0.338 e. The van der Waals surface area contributed by atoms with Crippen LogP contribution in [0.3, 0.4) is 0 Å². The van der Waals surface area contributed by atoms with Gasteiger partial charge in [0, 0.05) is 5.56 Å². The molecule has 2 heterocycles. The third kappa shape index (κ3) is 5.32. The summed E-state index contributed by atoms with van der Waals surface area (Å²) in [5, 5.41) is 0. The first-order valence-electron chi connectivity index (χ1n) is 11.8. The Labute approximate surface area is 232 Å². The van der Waals surface area contributed by atoms with Crippen LogP contribution in [0, 0.1) is 0 Å². The first kappa shape index (κ1) is 27.4. The summed E-state index contributed by atoms with van der Waals surface area (Å²) in [4.78, 5) is 32.1. The third-order valence-corrected chi connectivity index (χ3v) is 7.46. The largest absolute Gasteiger partial charge is 0.497 e. The lowest BCUT2D eigenvalue weighted by Gasteiger charge is -2.26. The van der Waals surface area contributed by atoms with Crippen molar-refractivity contribution in [3.63, 3.8) is 0 Å². The number of fused-ring (bicyclic) bond motifs is 1. The molecular formula is C28H27BrN2O6S. The summed E-state index contributed by atoms with van der Waals surface area (Å²) in [7, 11) is 3.09. The second kappa shape index (κ2) is 11.8. The molecule has 0 amide bonds. The van der Waals surface area contributed by atoms with Crippen LogP contribution >= 0.6 is 27.3 Å². The zero-order valence-corrected chi connectivity index (χ0v) is 23.9. The van der Waals surface area contributed by atoms with E-state index in [4.69, 9.17) is 18.9 Å². The molecule has 38 heavy (non-hydrogen) atoms. The molecule has 1 atom stereocenters. The number of carbonyl (C=O) groups is 1. The molecule has 10 heteroatoms. The lowest BCUT2D eigenvalue weighted by molar-refractivity contribution is -0.139. The fraction of sp³-hybridized carbons (Fsp3) is 0.250. The number of methoxy groups -OCH3 is 2. The van der Waals surface area contributed by atoms with Crippen molar-refractivity contribution >= 4 is 39.3 Å². The second-order valence-corrected chi connectivity index (χ2v) is 10.1. The van der Waals surface area contributed by atoms with Gasteiger partial charge < -0.3 is 18.9 Å². The summed E-state index contributed by atoms with van der Waals surface area (Å²) in [6, 6.07) is 10.00. The van der Waals surface area contributed by atoms with E-state index in [2.05, 4.69) is 27.5 Å². The minimum atomic E-state index is -0.820. The predicted octanol–water partition coefficient (Wildman–Crippen LogP) is 4.14. The zero-order valence-electron chi connectivity index (χ0n) is 21.4. The molecular weight excluding hydrogens is 572 g/mol. The normalized spacial score (nSPS) is 15.0. The molecule has 1 aliphatic heterocycles. The minimum absolute atomic E-state index is 0.184. The van der Waals surface area contributed by atoms with Gasteiger partial charge in [-0.1, -0.05) is 30.1 Å². The summed E-state index contributed by atoms with van der Waals surface area (Å²) < 4.78 is 24.8. The van der Waals surface area contributed by atoms with Crippen LogP contribution in [0.5, 0.6) is 17.2 Å². The smallest absolute Gasteiger partial charge is 0.338 e. The Morgan fingerprint density at radius 3 is 2.61 bits per heavy atom. The number of halogens is 1. The fourth-order valence-corrected chi connectivity index (χ4v) is 5.72. The molecule has 0 unspecified atom stereocenters. The van der Waals surface area contributed by atoms with E-state index in [0.717, 1.165) is 10.0 Å².